The second-order valence-corrected chi connectivity index (χ2v) is 8.50. The molecule has 0 atom stereocenters. The number of pyridine rings is 1. The fourth-order valence-electron chi connectivity index (χ4n) is 4.16. The Balaban J connectivity index is 1.34. The normalized spacial score (nSPS) is 21.4. The maximum atomic E-state index is 13.9. The van der Waals surface area contributed by atoms with Crippen molar-refractivity contribution < 1.29 is 17.9 Å². The van der Waals surface area contributed by atoms with Gasteiger partial charge >= 0.3 is 0 Å². The van der Waals surface area contributed by atoms with Crippen LogP contribution in [-0.2, 0) is 0 Å². The summed E-state index contributed by atoms with van der Waals surface area (Å²) in [6, 6.07) is 5.26. The second kappa shape index (κ2) is 8.44. The van der Waals surface area contributed by atoms with Crippen molar-refractivity contribution in [2.45, 2.75) is 50.9 Å². The number of nitrogens with zero attached hydrogens (tertiary/aromatic N) is 4. The van der Waals surface area contributed by atoms with Crippen molar-refractivity contribution in [3.05, 3.63) is 47.8 Å². The fourth-order valence-corrected chi connectivity index (χ4v) is 4.16. The van der Waals surface area contributed by atoms with Crippen molar-refractivity contribution >= 4 is 22.7 Å². The van der Waals surface area contributed by atoms with E-state index in [4.69, 9.17) is 14.7 Å². The first-order valence-electron chi connectivity index (χ1n) is 10.9. The highest BCUT2D eigenvalue weighted by atomic mass is 19.1. The monoisotopic (exact) mass is 443 g/mol. The number of halogens is 3. The van der Waals surface area contributed by atoms with E-state index in [-0.39, 0.29) is 17.9 Å². The van der Waals surface area contributed by atoms with E-state index in [1.807, 2.05) is 13.0 Å². The summed E-state index contributed by atoms with van der Waals surface area (Å²) in [7, 11) is 0. The summed E-state index contributed by atoms with van der Waals surface area (Å²) in [5, 5.41) is 3.36. The number of benzene rings is 1. The third kappa shape index (κ3) is 4.28. The molecule has 0 unspecified atom stereocenters. The Labute approximate surface area is 183 Å². The molecule has 3 aromatic rings. The molecular weight excluding hydrogens is 419 g/mol. The van der Waals surface area contributed by atoms with Gasteiger partial charge in [-0.25, -0.2) is 23.1 Å². The number of hydrogen-bond acceptors (Lipinski definition) is 6. The summed E-state index contributed by atoms with van der Waals surface area (Å²) < 4.78 is 46.2. The first-order chi connectivity index (χ1) is 15.4. The Morgan fingerprint density at radius 1 is 1.06 bits per heavy atom. The summed E-state index contributed by atoms with van der Waals surface area (Å²) in [6.45, 7) is 3.17. The molecule has 2 fully saturated rings. The van der Waals surface area contributed by atoms with Crippen LogP contribution >= 0.6 is 0 Å². The molecule has 1 aromatic carbocycles. The van der Waals surface area contributed by atoms with Crippen molar-refractivity contribution in [3.8, 4) is 5.75 Å². The van der Waals surface area contributed by atoms with Crippen LogP contribution < -0.4 is 15.0 Å². The van der Waals surface area contributed by atoms with E-state index in [0.29, 0.717) is 55.9 Å². The predicted octanol–water partition coefficient (Wildman–Crippen LogP) is 4.57. The maximum Gasteiger partial charge on any atom is 0.172 e. The molecule has 0 spiro atoms. The molecule has 6 nitrogen and oxygen atoms in total. The Morgan fingerprint density at radius 3 is 2.56 bits per heavy atom. The molecule has 2 aromatic heterocycles. The van der Waals surface area contributed by atoms with Gasteiger partial charge in [0.05, 0.1) is 11.7 Å². The molecular formula is C23H24F3N5O. The number of piperidine rings is 1. The van der Waals surface area contributed by atoms with E-state index in [0.717, 1.165) is 17.3 Å². The zero-order valence-electron chi connectivity index (χ0n) is 17.7. The van der Waals surface area contributed by atoms with Gasteiger partial charge in [0.1, 0.15) is 23.6 Å². The van der Waals surface area contributed by atoms with E-state index < -0.39 is 17.8 Å². The van der Waals surface area contributed by atoms with Crippen molar-refractivity contribution in [2.24, 2.45) is 0 Å². The summed E-state index contributed by atoms with van der Waals surface area (Å²) in [5.74, 6) is 0.0781. The van der Waals surface area contributed by atoms with Gasteiger partial charge in [0.2, 0.25) is 0 Å². The van der Waals surface area contributed by atoms with Gasteiger partial charge in [-0.3, -0.25) is 4.98 Å². The molecule has 3 heterocycles. The van der Waals surface area contributed by atoms with Crippen LogP contribution in [0.2, 0.25) is 0 Å². The molecule has 1 saturated heterocycles. The van der Waals surface area contributed by atoms with Gasteiger partial charge in [0, 0.05) is 43.7 Å². The summed E-state index contributed by atoms with van der Waals surface area (Å²) in [6.07, 6.45) is 2.99. The molecule has 2 aliphatic rings. The number of fused-ring (bicyclic) bond motifs is 1. The molecule has 9 heteroatoms. The standard InChI is InChI=1S/C23H24F3N5O/c1-13-8-19-20(12-27-13)30-23(22(29-19)28-16-9-15(25)10-16)31-6-4-17(5-7-31)32-21-3-2-14(24)11-18(21)26/h2-3,8,11-12,15-17H,4-7,9-10H2,1H3,(H,28,29)/t15-,16-. The molecule has 1 aliphatic carbocycles. The zero-order valence-corrected chi connectivity index (χ0v) is 17.7. The van der Waals surface area contributed by atoms with Crippen LogP contribution in [0.1, 0.15) is 31.4 Å². The number of anilines is 2. The minimum absolute atomic E-state index is 0.0424. The lowest BCUT2D eigenvalue weighted by Gasteiger charge is -2.35. The molecule has 0 bridgehead atoms. The smallest absolute Gasteiger partial charge is 0.172 e. The number of nitrogens with one attached hydrogen (secondary N) is 1. The van der Waals surface area contributed by atoms with Gasteiger partial charge in [0.25, 0.3) is 0 Å². The Kier molecular flexibility index (Phi) is 5.48. The van der Waals surface area contributed by atoms with Gasteiger partial charge in [-0.05, 0) is 38.0 Å². The number of aryl methyl sites for hydroxylation is 1. The van der Waals surface area contributed by atoms with E-state index >= 15 is 0 Å². The summed E-state index contributed by atoms with van der Waals surface area (Å²) >= 11 is 0. The van der Waals surface area contributed by atoms with E-state index in [1.54, 1.807) is 6.20 Å². The van der Waals surface area contributed by atoms with Crippen LogP contribution in [0.5, 0.6) is 5.75 Å². The molecule has 168 valence electrons. The van der Waals surface area contributed by atoms with Crippen LogP contribution in [-0.4, -0.2) is 46.4 Å². The van der Waals surface area contributed by atoms with Crippen molar-refractivity contribution in [1.29, 1.82) is 0 Å². The van der Waals surface area contributed by atoms with Gasteiger partial charge in [-0.2, -0.15) is 0 Å². The van der Waals surface area contributed by atoms with Crippen LogP contribution in [0.15, 0.2) is 30.5 Å². The first kappa shape index (κ1) is 20.8. The number of alkyl halides is 1. The van der Waals surface area contributed by atoms with Gasteiger partial charge in [-0.1, -0.05) is 0 Å². The largest absolute Gasteiger partial charge is 0.487 e. The van der Waals surface area contributed by atoms with Crippen LogP contribution in [0.25, 0.3) is 11.0 Å². The maximum absolute atomic E-state index is 13.9. The molecule has 0 amide bonds. The highest BCUT2D eigenvalue weighted by Crippen LogP contribution is 2.33. The first-order valence-corrected chi connectivity index (χ1v) is 10.9. The molecule has 1 aliphatic heterocycles. The van der Waals surface area contributed by atoms with Crippen LogP contribution in [0, 0.1) is 18.6 Å². The summed E-state index contributed by atoms with van der Waals surface area (Å²) in [4.78, 5) is 16.0. The van der Waals surface area contributed by atoms with Crippen molar-refractivity contribution in [3.63, 3.8) is 0 Å². The average Bonchev–Trinajstić information content (AvgIpc) is 2.75. The lowest BCUT2D eigenvalue weighted by Crippen LogP contribution is -2.41. The number of aromatic nitrogens is 3. The Hall–Kier alpha value is -3.10. The minimum Gasteiger partial charge on any atom is -0.487 e. The van der Waals surface area contributed by atoms with Crippen molar-refractivity contribution in [2.75, 3.05) is 23.3 Å². The van der Waals surface area contributed by atoms with Gasteiger partial charge in [-0.15, -0.1) is 0 Å². The summed E-state index contributed by atoms with van der Waals surface area (Å²) in [5.41, 5.74) is 2.29. The third-order valence-corrected chi connectivity index (χ3v) is 6.02. The number of ether oxygens (including phenoxy) is 1. The minimum atomic E-state index is -0.768. The Morgan fingerprint density at radius 2 is 1.84 bits per heavy atom. The average molecular weight is 443 g/mol. The molecule has 0 radical (unpaired) electrons. The zero-order chi connectivity index (χ0) is 22.2. The Bertz CT molecular complexity index is 1130. The van der Waals surface area contributed by atoms with Gasteiger partial charge in [0.15, 0.2) is 23.2 Å². The fraction of sp³-hybridized carbons (Fsp3) is 0.435. The highest BCUT2D eigenvalue weighted by Gasteiger charge is 2.31. The van der Waals surface area contributed by atoms with Crippen molar-refractivity contribution in [1.82, 2.24) is 15.0 Å². The van der Waals surface area contributed by atoms with E-state index in [2.05, 4.69) is 15.2 Å². The number of hydrogen-bond donors (Lipinski definition) is 1. The van der Waals surface area contributed by atoms with E-state index in [9.17, 15) is 13.2 Å². The number of rotatable bonds is 5. The molecule has 5 rings (SSSR count). The molecule has 32 heavy (non-hydrogen) atoms. The topological polar surface area (TPSA) is 63.2 Å². The SMILES string of the molecule is Cc1cc2nc(N[C@H]3C[C@H](F)C3)c(N3CCC(Oc4ccc(F)cc4F)CC3)nc2cn1. The highest BCUT2D eigenvalue weighted by molar-refractivity contribution is 5.80. The quantitative estimate of drug-likeness (QED) is 0.623. The second-order valence-electron chi connectivity index (χ2n) is 8.50. The molecule has 1 saturated carbocycles. The third-order valence-electron chi connectivity index (χ3n) is 6.02. The lowest BCUT2D eigenvalue weighted by atomic mass is 9.91. The predicted molar refractivity (Wildman–Crippen MR) is 116 cm³/mol. The lowest BCUT2D eigenvalue weighted by molar-refractivity contribution is 0.163. The molecule has 1 N–H and O–H groups in total. The van der Waals surface area contributed by atoms with Crippen LogP contribution in [0.4, 0.5) is 24.8 Å². The van der Waals surface area contributed by atoms with Crippen LogP contribution in [0.3, 0.4) is 0 Å². The van der Waals surface area contributed by atoms with E-state index in [1.165, 1.54) is 12.1 Å². The van der Waals surface area contributed by atoms with Gasteiger partial charge < -0.3 is 15.0 Å².